The summed E-state index contributed by atoms with van der Waals surface area (Å²) < 4.78 is 13.1. The first-order valence-corrected chi connectivity index (χ1v) is 3.52. The molecule has 1 aliphatic carbocycles. The molecule has 1 atom stereocenters. The van der Waals surface area contributed by atoms with Crippen molar-refractivity contribution in [2.45, 2.75) is 31.4 Å². The molecule has 0 amide bonds. The number of carbonyl (C=O) groups excluding carboxylic acids is 1. The minimum atomic E-state index is -1.90. The molecule has 0 radical (unpaired) electrons. The third-order valence-corrected chi connectivity index (χ3v) is 1.98. The number of aliphatic hydroxyl groups is 1. The molecule has 1 saturated carbocycles. The fraction of sp³-hybridized carbons (Fsp3) is 0.857. The number of rotatable bonds is 1. The van der Waals surface area contributed by atoms with Crippen LogP contribution in [0.3, 0.4) is 0 Å². The van der Waals surface area contributed by atoms with E-state index < -0.39 is 18.1 Å². The van der Waals surface area contributed by atoms with Crippen LogP contribution in [0.2, 0.25) is 0 Å². The van der Waals surface area contributed by atoms with Gasteiger partial charge in [0.1, 0.15) is 0 Å². The Morgan fingerprint density at radius 2 is 2.30 bits per heavy atom. The molecule has 1 rings (SSSR count). The summed E-state index contributed by atoms with van der Waals surface area (Å²) in [7, 11) is 0. The van der Waals surface area contributed by atoms with Gasteiger partial charge in [0.2, 0.25) is 0 Å². The lowest BCUT2D eigenvalue weighted by atomic mass is 9.86. The normalized spacial score (nSPS) is 34.4. The summed E-state index contributed by atoms with van der Waals surface area (Å²) in [6.45, 7) is -0.647. The predicted octanol–water partition coefficient (Wildman–Crippen LogP) is 0.830. The van der Waals surface area contributed by atoms with Gasteiger partial charge in [-0.05, 0) is 19.3 Å². The van der Waals surface area contributed by atoms with Gasteiger partial charge in [-0.25, -0.2) is 4.39 Å². The molecule has 1 N–H and O–H groups in total. The van der Waals surface area contributed by atoms with Crippen LogP contribution in [0.15, 0.2) is 0 Å². The van der Waals surface area contributed by atoms with Crippen molar-refractivity contribution in [3.63, 3.8) is 0 Å². The number of ketones is 1. The third-order valence-electron chi connectivity index (χ3n) is 1.98. The van der Waals surface area contributed by atoms with E-state index in [2.05, 4.69) is 0 Å². The van der Waals surface area contributed by atoms with Crippen LogP contribution in [0.4, 0.5) is 4.39 Å². The van der Waals surface area contributed by atoms with Crippen molar-refractivity contribution in [3.8, 4) is 0 Å². The van der Waals surface area contributed by atoms with E-state index in [1.165, 1.54) is 0 Å². The second kappa shape index (κ2) is 2.66. The fourth-order valence-electron chi connectivity index (χ4n) is 1.22. The number of halogens is 1. The Labute approximate surface area is 59.0 Å². The zero-order valence-electron chi connectivity index (χ0n) is 5.77. The summed E-state index contributed by atoms with van der Waals surface area (Å²) in [4.78, 5) is 10.8. The quantitative estimate of drug-likeness (QED) is 0.595. The Bertz CT molecular complexity index is 147. The summed E-state index contributed by atoms with van der Waals surface area (Å²) in [6.07, 6.45) is 1.96. The molecule has 1 unspecified atom stereocenters. The monoisotopic (exact) mass is 146 g/mol. The molecule has 0 aliphatic heterocycles. The minimum absolute atomic E-state index is 0.197. The van der Waals surface area contributed by atoms with Crippen LogP contribution >= 0.6 is 0 Å². The molecule has 0 spiro atoms. The lowest BCUT2D eigenvalue weighted by Gasteiger charge is -2.25. The van der Waals surface area contributed by atoms with Crippen molar-refractivity contribution in [1.82, 2.24) is 0 Å². The maximum atomic E-state index is 13.1. The molecule has 2 nitrogen and oxygen atoms in total. The van der Waals surface area contributed by atoms with E-state index in [0.717, 1.165) is 6.42 Å². The van der Waals surface area contributed by atoms with Gasteiger partial charge in [-0.3, -0.25) is 4.79 Å². The second-order valence-electron chi connectivity index (χ2n) is 2.75. The molecule has 0 aromatic rings. The molecule has 1 aliphatic rings. The van der Waals surface area contributed by atoms with Crippen LogP contribution in [-0.4, -0.2) is 23.2 Å². The van der Waals surface area contributed by atoms with Crippen LogP contribution in [0.1, 0.15) is 25.7 Å². The molecule has 10 heavy (non-hydrogen) atoms. The van der Waals surface area contributed by atoms with Gasteiger partial charge >= 0.3 is 0 Å². The van der Waals surface area contributed by atoms with Gasteiger partial charge in [0.05, 0.1) is 6.61 Å². The zero-order chi connectivity index (χ0) is 7.61. The van der Waals surface area contributed by atoms with Gasteiger partial charge in [-0.15, -0.1) is 0 Å². The smallest absolute Gasteiger partial charge is 0.191 e. The first-order valence-electron chi connectivity index (χ1n) is 3.52. The van der Waals surface area contributed by atoms with Crippen LogP contribution in [0.5, 0.6) is 0 Å². The summed E-state index contributed by atoms with van der Waals surface area (Å²) in [5.41, 5.74) is -1.90. The van der Waals surface area contributed by atoms with Crippen molar-refractivity contribution >= 4 is 5.78 Å². The van der Waals surface area contributed by atoms with E-state index in [-0.39, 0.29) is 12.8 Å². The number of Topliss-reactive ketones (excluding diaryl/α,β-unsaturated/α-hetero) is 1. The summed E-state index contributed by atoms with van der Waals surface area (Å²) in [6, 6.07) is 0. The highest BCUT2D eigenvalue weighted by atomic mass is 19.1. The van der Waals surface area contributed by atoms with Crippen LogP contribution in [0, 0.1) is 0 Å². The molecular weight excluding hydrogens is 135 g/mol. The molecule has 1 fully saturated rings. The molecule has 0 bridgehead atoms. The number of hydrogen-bond acceptors (Lipinski definition) is 2. The van der Waals surface area contributed by atoms with Crippen molar-refractivity contribution in [3.05, 3.63) is 0 Å². The van der Waals surface area contributed by atoms with E-state index >= 15 is 0 Å². The topological polar surface area (TPSA) is 37.3 Å². The molecule has 58 valence electrons. The van der Waals surface area contributed by atoms with E-state index in [0.29, 0.717) is 6.42 Å². The Morgan fingerprint density at radius 3 is 2.70 bits per heavy atom. The summed E-state index contributed by atoms with van der Waals surface area (Å²) in [5, 5.41) is 8.52. The number of carbonyl (C=O) groups is 1. The van der Waals surface area contributed by atoms with Crippen LogP contribution in [0.25, 0.3) is 0 Å². The first-order chi connectivity index (χ1) is 4.69. The predicted molar refractivity (Wildman–Crippen MR) is 34.4 cm³/mol. The van der Waals surface area contributed by atoms with Crippen molar-refractivity contribution in [1.29, 1.82) is 0 Å². The number of aliphatic hydroxyl groups excluding tert-OH is 1. The Hall–Kier alpha value is -0.440. The lowest BCUT2D eigenvalue weighted by Crippen LogP contribution is -2.40. The third kappa shape index (κ3) is 1.19. The Kier molecular flexibility index (Phi) is 2.04. The van der Waals surface area contributed by atoms with Crippen LogP contribution < -0.4 is 0 Å². The van der Waals surface area contributed by atoms with E-state index in [1.54, 1.807) is 0 Å². The van der Waals surface area contributed by atoms with Gasteiger partial charge in [-0.1, -0.05) is 0 Å². The molecule has 3 heteroatoms. The zero-order valence-corrected chi connectivity index (χ0v) is 5.77. The first kappa shape index (κ1) is 7.66. The summed E-state index contributed by atoms with van der Waals surface area (Å²) >= 11 is 0. The highest BCUT2D eigenvalue weighted by Gasteiger charge is 2.39. The standard InChI is InChI=1S/C7H11FO2/c8-7(5-9)4-2-1-3-6(7)10/h9H,1-5H2. The molecular formula is C7H11FO2. The lowest BCUT2D eigenvalue weighted by molar-refractivity contribution is -0.136. The molecule has 0 aromatic carbocycles. The average molecular weight is 146 g/mol. The van der Waals surface area contributed by atoms with E-state index in [1.807, 2.05) is 0 Å². The molecule has 0 aromatic heterocycles. The van der Waals surface area contributed by atoms with Crippen molar-refractivity contribution in [2.24, 2.45) is 0 Å². The maximum absolute atomic E-state index is 13.1. The largest absolute Gasteiger partial charge is 0.393 e. The maximum Gasteiger partial charge on any atom is 0.191 e. The highest BCUT2D eigenvalue weighted by Crippen LogP contribution is 2.27. The van der Waals surface area contributed by atoms with Crippen molar-refractivity contribution in [2.75, 3.05) is 6.61 Å². The average Bonchev–Trinajstić information content (AvgIpc) is 1.96. The van der Waals surface area contributed by atoms with E-state index in [9.17, 15) is 9.18 Å². The van der Waals surface area contributed by atoms with Gasteiger partial charge in [-0.2, -0.15) is 0 Å². The van der Waals surface area contributed by atoms with Gasteiger partial charge < -0.3 is 5.11 Å². The second-order valence-corrected chi connectivity index (χ2v) is 2.75. The number of alkyl halides is 1. The van der Waals surface area contributed by atoms with E-state index in [4.69, 9.17) is 5.11 Å². The number of hydrogen-bond donors (Lipinski definition) is 1. The highest BCUT2D eigenvalue weighted by molar-refractivity contribution is 5.87. The SMILES string of the molecule is O=C1CCCCC1(F)CO. The Morgan fingerprint density at radius 1 is 1.60 bits per heavy atom. The van der Waals surface area contributed by atoms with Gasteiger partial charge in [0.15, 0.2) is 11.5 Å². The fourth-order valence-corrected chi connectivity index (χ4v) is 1.22. The Balaban J connectivity index is 2.63. The summed E-state index contributed by atoms with van der Waals surface area (Å²) in [5.74, 6) is -0.429. The van der Waals surface area contributed by atoms with Crippen LogP contribution in [-0.2, 0) is 4.79 Å². The molecule has 0 saturated heterocycles. The minimum Gasteiger partial charge on any atom is -0.393 e. The van der Waals surface area contributed by atoms with Gasteiger partial charge in [0.25, 0.3) is 0 Å². The van der Waals surface area contributed by atoms with Gasteiger partial charge in [0, 0.05) is 6.42 Å². The molecule has 0 heterocycles. The van der Waals surface area contributed by atoms with Crippen molar-refractivity contribution < 1.29 is 14.3 Å².